The van der Waals surface area contributed by atoms with E-state index in [1.54, 1.807) is 30.3 Å². The lowest BCUT2D eigenvalue weighted by molar-refractivity contribution is 0.0700. The van der Waals surface area contributed by atoms with Crippen LogP contribution in [-0.4, -0.2) is 25.2 Å². The van der Waals surface area contributed by atoms with Crippen molar-refractivity contribution in [2.45, 2.75) is 6.92 Å². The van der Waals surface area contributed by atoms with E-state index in [0.717, 1.165) is 5.39 Å². The maximum absolute atomic E-state index is 11.6. The lowest BCUT2D eigenvalue weighted by Crippen LogP contribution is -2.17. The normalized spacial score (nSPS) is 11.4. The molecule has 0 heterocycles. The smallest absolute Gasteiger partial charge is 0.338 e. The van der Waals surface area contributed by atoms with E-state index in [-0.39, 0.29) is 17.0 Å². The molecule has 0 amide bonds. The van der Waals surface area contributed by atoms with Crippen LogP contribution >= 0.6 is 0 Å². The van der Waals surface area contributed by atoms with Gasteiger partial charge in [-0.1, -0.05) is 30.3 Å². The molecule has 2 aromatic rings. The number of carboxylic acid groups (broad SMARTS) is 1. The highest BCUT2D eigenvalue weighted by molar-refractivity contribution is 7.92. The second kappa shape index (κ2) is 4.89. The number of hydrogen-bond donors (Lipinski definition) is 2. The molecule has 100 valence electrons. The number of rotatable bonds is 4. The molecule has 0 aromatic heterocycles. The van der Waals surface area contributed by atoms with Crippen LogP contribution in [0.3, 0.4) is 0 Å². The second-order valence-corrected chi connectivity index (χ2v) is 6.03. The first-order valence-electron chi connectivity index (χ1n) is 5.70. The quantitative estimate of drug-likeness (QED) is 0.899. The predicted molar refractivity (Wildman–Crippen MR) is 74.0 cm³/mol. The van der Waals surface area contributed by atoms with Crippen LogP contribution in [0.4, 0.5) is 5.69 Å². The van der Waals surface area contributed by atoms with E-state index in [1.807, 2.05) is 0 Å². The first-order chi connectivity index (χ1) is 8.94. The van der Waals surface area contributed by atoms with Gasteiger partial charge in [-0.3, -0.25) is 4.72 Å². The SMILES string of the molecule is CCS(=O)(=O)Nc1ccc2ccccc2c1C(=O)O. The summed E-state index contributed by atoms with van der Waals surface area (Å²) < 4.78 is 25.5. The summed E-state index contributed by atoms with van der Waals surface area (Å²) >= 11 is 0. The fourth-order valence-corrected chi connectivity index (χ4v) is 2.48. The third kappa shape index (κ3) is 2.68. The standard InChI is InChI=1S/C13H13NO4S/c1-2-19(17,18)14-11-8-7-9-5-3-4-6-10(9)12(11)13(15)16/h3-8,14H,2H2,1H3,(H,15,16). The Bertz CT molecular complexity index is 737. The second-order valence-electron chi connectivity index (χ2n) is 4.02. The van der Waals surface area contributed by atoms with Crippen molar-refractivity contribution in [3.63, 3.8) is 0 Å². The molecule has 0 aliphatic rings. The van der Waals surface area contributed by atoms with Crippen molar-refractivity contribution in [1.29, 1.82) is 0 Å². The molecule has 2 rings (SSSR count). The third-order valence-electron chi connectivity index (χ3n) is 2.79. The van der Waals surface area contributed by atoms with Crippen molar-refractivity contribution in [2.24, 2.45) is 0 Å². The number of carboxylic acids is 1. The molecule has 0 bridgehead atoms. The molecule has 2 N–H and O–H groups in total. The van der Waals surface area contributed by atoms with Gasteiger partial charge >= 0.3 is 5.97 Å². The fourth-order valence-electron chi connectivity index (χ4n) is 1.83. The summed E-state index contributed by atoms with van der Waals surface area (Å²) in [4.78, 5) is 11.4. The Morgan fingerprint density at radius 2 is 1.89 bits per heavy atom. The summed E-state index contributed by atoms with van der Waals surface area (Å²) in [6, 6.07) is 10.1. The number of anilines is 1. The van der Waals surface area contributed by atoms with Crippen LogP contribution in [0, 0.1) is 0 Å². The van der Waals surface area contributed by atoms with E-state index in [2.05, 4.69) is 4.72 Å². The number of aromatic carboxylic acids is 1. The van der Waals surface area contributed by atoms with Crippen LogP contribution in [-0.2, 0) is 10.0 Å². The van der Waals surface area contributed by atoms with Crippen molar-refractivity contribution in [3.05, 3.63) is 42.0 Å². The number of nitrogens with one attached hydrogen (secondary N) is 1. The minimum atomic E-state index is -3.51. The van der Waals surface area contributed by atoms with Gasteiger partial charge in [-0.25, -0.2) is 13.2 Å². The van der Waals surface area contributed by atoms with Gasteiger partial charge in [-0.15, -0.1) is 0 Å². The third-order valence-corrected chi connectivity index (χ3v) is 4.08. The molecule has 0 aliphatic carbocycles. The molecule has 0 atom stereocenters. The van der Waals surface area contributed by atoms with Crippen LogP contribution in [0.2, 0.25) is 0 Å². The largest absolute Gasteiger partial charge is 0.478 e. The highest BCUT2D eigenvalue weighted by Gasteiger charge is 2.17. The highest BCUT2D eigenvalue weighted by Crippen LogP contribution is 2.27. The molecular weight excluding hydrogens is 266 g/mol. The van der Waals surface area contributed by atoms with E-state index in [4.69, 9.17) is 0 Å². The molecule has 6 heteroatoms. The van der Waals surface area contributed by atoms with Gasteiger partial charge in [0.1, 0.15) is 0 Å². The van der Waals surface area contributed by atoms with Crippen molar-refractivity contribution in [3.8, 4) is 0 Å². The van der Waals surface area contributed by atoms with Gasteiger partial charge in [0.15, 0.2) is 0 Å². The summed E-state index contributed by atoms with van der Waals surface area (Å²) in [7, 11) is -3.51. The van der Waals surface area contributed by atoms with E-state index < -0.39 is 16.0 Å². The van der Waals surface area contributed by atoms with Gasteiger partial charge in [0.2, 0.25) is 10.0 Å². The van der Waals surface area contributed by atoms with Crippen LogP contribution in [0.15, 0.2) is 36.4 Å². The Morgan fingerprint density at radius 1 is 1.21 bits per heavy atom. The zero-order valence-electron chi connectivity index (χ0n) is 10.3. The lowest BCUT2D eigenvalue weighted by atomic mass is 10.0. The Kier molecular flexibility index (Phi) is 3.44. The van der Waals surface area contributed by atoms with Crippen LogP contribution in [0.25, 0.3) is 10.8 Å². The zero-order chi connectivity index (χ0) is 14.0. The van der Waals surface area contributed by atoms with Gasteiger partial charge in [0, 0.05) is 0 Å². The highest BCUT2D eigenvalue weighted by atomic mass is 32.2. The molecule has 0 fully saturated rings. The fraction of sp³-hybridized carbons (Fsp3) is 0.154. The predicted octanol–water partition coefficient (Wildman–Crippen LogP) is 2.30. The van der Waals surface area contributed by atoms with Crippen molar-refractivity contribution in [1.82, 2.24) is 0 Å². The molecule has 2 aromatic carbocycles. The van der Waals surface area contributed by atoms with Gasteiger partial charge in [-0.05, 0) is 23.8 Å². The monoisotopic (exact) mass is 279 g/mol. The number of hydrogen-bond acceptors (Lipinski definition) is 3. The molecule has 0 saturated carbocycles. The molecular formula is C13H13NO4S. The molecule has 0 unspecified atom stereocenters. The van der Waals surface area contributed by atoms with Crippen molar-refractivity contribution < 1.29 is 18.3 Å². The average Bonchev–Trinajstić information content (AvgIpc) is 2.37. The first kappa shape index (κ1) is 13.4. The number of sulfonamides is 1. The lowest BCUT2D eigenvalue weighted by Gasteiger charge is -2.11. The zero-order valence-corrected chi connectivity index (χ0v) is 11.1. The van der Waals surface area contributed by atoms with E-state index >= 15 is 0 Å². The molecule has 19 heavy (non-hydrogen) atoms. The molecule has 0 radical (unpaired) electrons. The summed E-state index contributed by atoms with van der Waals surface area (Å²) in [5, 5.41) is 10.6. The minimum absolute atomic E-state index is 0.0323. The Morgan fingerprint density at radius 3 is 2.53 bits per heavy atom. The Labute approximate surface area is 110 Å². The number of carbonyl (C=O) groups is 1. The molecule has 0 spiro atoms. The van der Waals surface area contributed by atoms with Gasteiger partial charge in [0.25, 0.3) is 0 Å². The van der Waals surface area contributed by atoms with Crippen LogP contribution in [0.1, 0.15) is 17.3 Å². The number of benzene rings is 2. The van der Waals surface area contributed by atoms with Gasteiger partial charge in [0.05, 0.1) is 17.0 Å². The summed E-state index contributed by atoms with van der Waals surface area (Å²) in [6.07, 6.45) is 0. The summed E-state index contributed by atoms with van der Waals surface area (Å²) in [6.45, 7) is 1.49. The maximum atomic E-state index is 11.6. The van der Waals surface area contributed by atoms with Crippen LogP contribution in [0.5, 0.6) is 0 Å². The van der Waals surface area contributed by atoms with Crippen molar-refractivity contribution in [2.75, 3.05) is 10.5 Å². The van der Waals surface area contributed by atoms with Crippen molar-refractivity contribution >= 4 is 32.5 Å². The minimum Gasteiger partial charge on any atom is -0.478 e. The van der Waals surface area contributed by atoms with Gasteiger partial charge in [-0.2, -0.15) is 0 Å². The number of fused-ring (bicyclic) bond motifs is 1. The van der Waals surface area contributed by atoms with E-state index in [1.165, 1.54) is 13.0 Å². The van der Waals surface area contributed by atoms with E-state index in [9.17, 15) is 18.3 Å². The summed E-state index contributed by atoms with van der Waals surface area (Å²) in [5.41, 5.74) is 0.0585. The summed E-state index contributed by atoms with van der Waals surface area (Å²) in [5.74, 6) is -1.27. The Hall–Kier alpha value is -2.08. The topological polar surface area (TPSA) is 83.5 Å². The van der Waals surface area contributed by atoms with Crippen LogP contribution < -0.4 is 4.72 Å². The average molecular weight is 279 g/mol. The maximum Gasteiger partial charge on any atom is 0.338 e. The van der Waals surface area contributed by atoms with Gasteiger partial charge < -0.3 is 5.11 Å². The first-order valence-corrected chi connectivity index (χ1v) is 7.35. The molecule has 0 saturated heterocycles. The molecule has 0 aliphatic heterocycles. The van der Waals surface area contributed by atoms with E-state index in [0.29, 0.717) is 5.39 Å². The molecule has 5 nitrogen and oxygen atoms in total. The Balaban J connectivity index is 2.68.